The number of aryl methyl sites for hydroxylation is 2. The van der Waals surface area contributed by atoms with Gasteiger partial charge in [0.1, 0.15) is 11.9 Å². The molecule has 0 radical (unpaired) electrons. The number of nitrogens with one attached hydrogen (secondary N) is 1. The highest BCUT2D eigenvalue weighted by molar-refractivity contribution is 7.89. The quantitative estimate of drug-likeness (QED) is 0.904. The van der Waals surface area contributed by atoms with Crippen molar-refractivity contribution in [3.05, 3.63) is 29.1 Å². The second kappa shape index (κ2) is 5.14. The van der Waals surface area contributed by atoms with Gasteiger partial charge in [-0.05, 0) is 43.5 Å². The molecule has 1 unspecified atom stereocenters. The van der Waals surface area contributed by atoms with E-state index in [2.05, 4.69) is 4.72 Å². The molecule has 7 heteroatoms. The first-order chi connectivity index (χ1) is 9.22. The van der Waals surface area contributed by atoms with Gasteiger partial charge in [0.2, 0.25) is 15.9 Å². The van der Waals surface area contributed by atoms with E-state index in [0.29, 0.717) is 24.1 Å². The smallest absolute Gasteiger partial charge is 0.241 e. The second-order valence-electron chi connectivity index (χ2n) is 5.09. The van der Waals surface area contributed by atoms with E-state index in [1.807, 2.05) is 0 Å². The van der Waals surface area contributed by atoms with E-state index < -0.39 is 21.9 Å². The number of likely N-dealkylation sites (N-methyl/N-ethyl adjacent to an activating group) is 1. The van der Waals surface area contributed by atoms with Crippen molar-refractivity contribution in [2.45, 2.75) is 31.2 Å². The van der Waals surface area contributed by atoms with Gasteiger partial charge in [0, 0.05) is 13.6 Å². The van der Waals surface area contributed by atoms with Gasteiger partial charge in [-0.25, -0.2) is 12.8 Å². The molecule has 1 aliphatic heterocycles. The number of halogens is 1. The zero-order valence-corrected chi connectivity index (χ0v) is 12.4. The summed E-state index contributed by atoms with van der Waals surface area (Å²) in [6.45, 7) is 3.59. The summed E-state index contributed by atoms with van der Waals surface area (Å²) in [4.78, 5) is 13.3. The minimum absolute atomic E-state index is 0.0428. The molecular weight excluding hydrogens is 283 g/mol. The van der Waals surface area contributed by atoms with Gasteiger partial charge in [-0.1, -0.05) is 0 Å². The number of nitrogens with zero attached hydrogens (tertiary/aromatic N) is 1. The van der Waals surface area contributed by atoms with Crippen molar-refractivity contribution in [2.24, 2.45) is 0 Å². The third-order valence-electron chi connectivity index (χ3n) is 3.42. The fourth-order valence-corrected chi connectivity index (χ4v) is 4.18. The lowest BCUT2D eigenvalue weighted by Crippen LogP contribution is -2.40. The molecule has 0 saturated carbocycles. The Morgan fingerprint density at radius 1 is 1.30 bits per heavy atom. The lowest BCUT2D eigenvalue weighted by molar-refractivity contribution is -0.127. The molecule has 1 aliphatic rings. The van der Waals surface area contributed by atoms with E-state index in [1.165, 1.54) is 30.9 Å². The monoisotopic (exact) mass is 300 g/mol. The molecule has 1 aromatic rings. The number of carbonyl (C=O) groups excluding carboxylic acids is 1. The van der Waals surface area contributed by atoms with E-state index in [0.717, 1.165) is 0 Å². The molecule has 1 fully saturated rings. The maximum absolute atomic E-state index is 13.2. The highest BCUT2D eigenvalue weighted by Gasteiger charge is 2.33. The van der Waals surface area contributed by atoms with Crippen LogP contribution in [0.15, 0.2) is 17.0 Å². The molecule has 1 aromatic carbocycles. The van der Waals surface area contributed by atoms with Crippen LogP contribution >= 0.6 is 0 Å². The van der Waals surface area contributed by atoms with Crippen LogP contribution in [0.25, 0.3) is 0 Å². The molecule has 2 rings (SSSR count). The third-order valence-corrected chi connectivity index (χ3v) is 5.19. The SMILES string of the molecule is Cc1cc(F)cc(C)c1S(=O)(=O)NC1CCN(C)C1=O. The molecule has 0 bridgehead atoms. The third kappa shape index (κ3) is 2.69. The topological polar surface area (TPSA) is 66.5 Å². The number of rotatable bonds is 3. The van der Waals surface area contributed by atoms with E-state index in [4.69, 9.17) is 0 Å². The van der Waals surface area contributed by atoms with Crippen LogP contribution in [0.1, 0.15) is 17.5 Å². The molecule has 20 heavy (non-hydrogen) atoms. The molecule has 5 nitrogen and oxygen atoms in total. The number of hydrogen-bond donors (Lipinski definition) is 1. The van der Waals surface area contributed by atoms with E-state index >= 15 is 0 Å². The number of carbonyl (C=O) groups is 1. The minimum atomic E-state index is -3.84. The Kier molecular flexibility index (Phi) is 3.84. The number of hydrogen-bond acceptors (Lipinski definition) is 3. The Balaban J connectivity index is 2.35. The Hall–Kier alpha value is -1.47. The predicted octanol–water partition coefficient (Wildman–Crippen LogP) is 0.952. The van der Waals surface area contributed by atoms with Crippen LogP contribution in [0.4, 0.5) is 4.39 Å². The summed E-state index contributed by atoms with van der Waals surface area (Å²) < 4.78 is 40.4. The van der Waals surface area contributed by atoms with Gasteiger partial charge >= 0.3 is 0 Å². The first-order valence-electron chi connectivity index (χ1n) is 6.26. The summed E-state index contributed by atoms with van der Waals surface area (Å²) >= 11 is 0. The van der Waals surface area contributed by atoms with E-state index in [9.17, 15) is 17.6 Å². The van der Waals surface area contributed by atoms with Gasteiger partial charge in [0.25, 0.3) is 0 Å². The first-order valence-corrected chi connectivity index (χ1v) is 7.75. The molecule has 1 atom stereocenters. The largest absolute Gasteiger partial charge is 0.344 e. The minimum Gasteiger partial charge on any atom is -0.344 e. The van der Waals surface area contributed by atoms with Crippen molar-refractivity contribution >= 4 is 15.9 Å². The molecule has 0 aliphatic carbocycles. The van der Waals surface area contributed by atoms with Gasteiger partial charge in [-0.3, -0.25) is 4.79 Å². The van der Waals surface area contributed by atoms with Crippen LogP contribution in [0.5, 0.6) is 0 Å². The highest BCUT2D eigenvalue weighted by Crippen LogP contribution is 2.22. The second-order valence-corrected chi connectivity index (χ2v) is 6.74. The molecule has 1 heterocycles. The Labute approximate surface area is 117 Å². The summed E-state index contributed by atoms with van der Waals surface area (Å²) in [6.07, 6.45) is 0.438. The normalized spacial score (nSPS) is 19.7. The van der Waals surface area contributed by atoms with Crippen molar-refractivity contribution in [2.75, 3.05) is 13.6 Å². The fourth-order valence-electron chi connectivity index (χ4n) is 2.50. The molecule has 0 aromatic heterocycles. The lowest BCUT2D eigenvalue weighted by Gasteiger charge is -2.15. The summed E-state index contributed by atoms with van der Waals surface area (Å²) in [6, 6.07) is 1.60. The lowest BCUT2D eigenvalue weighted by atomic mass is 10.1. The molecule has 1 saturated heterocycles. The van der Waals surface area contributed by atoms with Crippen LogP contribution < -0.4 is 4.72 Å². The van der Waals surface area contributed by atoms with Gasteiger partial charge in [0.15, 0.2) is 0 Å². The van der Waals surface area contributed by atoms with Crippen LogP contribution in [-0.2, 0) is 14.8 Å². The van der Waals surface area contributed by atoms with Crippen LogP contribution in [-0.4, -0.2) is 38.9 Å². The van der Waals surface area contributed by atoms with Crippen molar-refractivity contribution < 1.29 is 17.6 Å². The van der Waals surface area contributed by atoms with Gasteiger partial charge in [0.05, 0.1) is 4.90 Å². The van der Waals surface area contributed by atoms with E-state index in [1.54, 1.807) is 7.05 Å². The number of amides is 1. The summed E-state index contributed by atoms with van der Waals surface area (Å²) in [7, 11) is -2.21. The average Bonchev–Trinajstić information content (AvgIpc) is 2.58. The Morgan fingerprint density at radius 2 is 1.85 bits per heavy atom. The van der Waals surface area contributed by atoms with Crippen LogP contribution in [0.3, 0.4) is 0 Å². The number of likely N-dealkylation sites (tertiary alicyclic amines) is 1. The molecule has 0 spiro atoms. The molecular formula is C13H17FN2O3S. The van der Waals surface area contributed by atoms with Crippen molar-refractivity contribution in [3.8, 4) is 0 Å². The van der Waals surface area contributed by atoms with Crippen LogP contribution in [0, 0.1) is 19.7 Å². The number of sulfonamides is 1. The predicted molar refractivity (Wildman–Crippen MR) is 72.2 cm³/mol. The summed E-state index contributed by atoms with van der Waals surface area (Å²) in [5, 5.41) is 0. The Bertz CT molecular complexity index is 635. The van der Waals surface area contributed by atoms with Gasteiger partial charge in [-0.2, -0.15) is 4.72 Å². The summed E-state index contributed by atoms with van der Waals surface area (Å²) in [5.74, 6) is -0.721. The molecule has 1 amide bonds. The fraction of sp³-hybridized carbons (Fsp3) is 0.462. The first kappa shape index (κ1) is 14.9. The van der Waals surface area contributed by atoms with Crippen molar-refractivity contribution in [1.82, 2.24) is 9.62 Å². The zero-order chi connectivity index (χ0) is 15.1. The van der Waals surface area contributed by atoms with Crippen molar-refractivity contribution in [3.63, 3.8) is 0 Å². The van der Waals surface area contributed by atoms with Gasteiger partial charge < -0.3 is 4.90 Å². The van der Waals surface area contributed by atoms with Crippen LogP contribution in [0.2, 0.25) is 0 Å². The number of benzene rings is 1. The molecule has 110 valence electrons. The standard InChI is InChI=1S/C13H17FN2O3S/c1-8-6-10(14)7-9(2)12(8)20(18,19)15-11-4-5-16(3)13(11)17/h6-7,11,15H,4-5H2,1-3H3. The summed E-state index contributed by atoms with van der Waals surface area (Å²) in [5.41, 5.74) is 0.655. The molecule has 1 N–H and O–H groups in total. The van der Waals surface area contributed by atoms with E-state index in [-0.39, 0.29) is 10.8 Å². The average molecular weight is 300 g/mol. The Morgan fingerprint density at radius 3 is 2.30 bits per heavy atom. The maximum Gasteiger partial charge on any atom is 0.241 e. The highest BCUT2D eigenvalue weighted by atomic mass is 32.2. The van der Waals surface area contributed by atoms with Crippen molar-refractivity contribution in [1.29, 1.82) is 0 Å². The zero-order valence-electron chi connectivity index (χ0n) is 11.6. The van der Waals surface area contributed by atoms with Gasteiger partial charge in [-0.15, -0.1) is 0 Å². The maximum atomic E-state index is 13.2.